The second kappa shape index (κ2) is 5.38. The van der Waals surface area contributed by atoms with Gasteiger partial charge in [0.15, 0.2) is 5.78 Å². The Morgan fingerprint density at radius 3 is 2.41 bits per heavy atom. The first-order chi connectivity index (χ1) is 7.85. The van der Waals surface area contributed by atoms with Crippen LogP contribution in [0.5, 0.6) is 0 Å². The topological polar surface area (TPSA) is 49.3 Å². The number of rotatable bonds is 5. The number of aliphatic hydroxyl groups excluding tert-OH is 1. The molecule has 0 heterocycles. The molecule has 0 bridgehead atoms. The molecule has 3 nitrogen and oxygen atoms in total. The molecule has 0 amide bonds. The largest absolute Gasteiger partial charge is 0.394 e. The van der Waals surface area contributed by atoms with Gasteiger partial charge in [-0.2, -0.15) is 0 Å². The van der Waals surface area contributed by atoms with E-state index >= 15 is 0 Å². The second-order valence-electron chi connectivity index (χ2n) is 4.78. The van der Waals surface area contributed by atoms with Gasteiger partial charge in [0.2, 0.25) is 0 Å². The van der Waals surface area contributed by atoms with Gasteiger partial charge >= 0.3 is 0 Å². The second-order valence-corrected chi connectivity index (χ2v) is 4.78. The van der Waals surface area contributed by atoms with Crippen molar-refractivity contribution < 1.29 is 14.3 Å². The van der Waals surface area contributed by atoms with Crippen LogP contribution in [0.2, 0.25) is 0 Å². The van der Waals surface area contributed by atoms with Gasteiger partial charge in [-0.15, -0.1) is 0 Å². The molecule has 94 valence electrons. The van der Waals surface area contributed by atoms with E-state index in [1.165, 1.54) is 24.3 Å². The number of Topliss-reactive ketones (excluding diaryl/α,β-unsaturated/α-hetero) is 1. The van der Waals surface area contributed by atoms with E-state index in [0.29, 0.717) is 5.56 Å². The molecule has 1 aromatic carbocycles. The normalized spacial score (nSPS) is 13.5. The summed E-state index contributed by atoms with van der Waals surface area (Å²) in [4.78, 5) is 12.0. The Labute approximate surface area is 101 Å². The van der Waals surface area contributed by atoms with Gasteiger partial charge in [0, 0.05) is 11.1 Å². The van der Waals surface area contributed by atoms with E-state index in [1.54, 1.807) is 20.8 Å². The third kappa shape index (κ3) is 3.91. The fourth-order valence-electron chi connectivity index (χ4n) is 1.56. The molecule has 1 aromatic rings. The van der Waals surface area contributed by atoms with Gasteiger partial charge in [0.1, 0.15) is 5.82 Å². The number of benzene rings is 1. The third-order valence-electron chi connectivity index (χ3n) is 2.52. The zero-order valence-electron chi connectivity index (χ0n) is 10.3. The molecule has 1 rings (SSSR count). The van der Waals surface area contributed by atoms with Crippen molar-refractivity contribution in [2.75, 3.05) is 6.61 Å². The van der Waals surface area contributed by atoms with Gasteiger partial charge in [-0.1, -0.05) is 0 Å². The summed E-state index contributed by atoms with van der Waals surface area (Å²) in [6.07, 6.45) is 0. The van der Waals surface area contributed by atoms with E-state index < -0.39 is 11.6 Å². The molecule has 0 radical (unpaired) electrons. The van der Waals surface area contributed by atoms with Crippen molar-refractivity contribution in [1.82, 2.24) is 5.32 Å². The van der Waals surface area contributed by atoms with Crippen LogP contribution in [0.1, 0.15) is 31.1 Å². The van der Waals surface area contributed by atoms with Crippen LogP contribution < -0.4 is 5.32 Å². The maximum Gasteiger partial charge on any atom is 0.179 e. The zero-order valence-corrected chi connectivity index (χ0v) is 10.3. The molecule has 17 heavy (non-hydrogen) atoms. The summed E-state index contributed by atoms with van der Waals surface area (Å²) in [5.41, 5.74) is -0.0603. The van der Waals surface area contributed by atoms with Crippen LogP contribution in [0.15, 0.2) is 24.3 Å². The van der Waals surface area contributed by atoms with E-state index in [9.17, 15) is 9.18 Å². The average molecular weight is 239 g/mol. The summed E-state index contributed by atoms with van der Waals surface area (Å²) in [6, 6.07) is 5.01. The molecule has 0 fully saturated rings. The molecule has 0 saturated carbocycles. The SMILES string of the molecule is C[C@@H](NC(C)(C)CO)C(=O)c1ccc(F)cc1. The molecule has 0 aliphatic rings. The maximum atomic E-state index is 12.7. The Balaban J connectivity index is 2.73. The van der Waals surface area contributed by atoms with Crippen molar-refractivity contribution in [2.45, 2.75) is 32.4 Å². The predicted octanol–water partition coefficient (Wildman–Crippen LogP) is 1.76. The lowest BCUT2D eigenvalue weighted by atomic mass is 10.0. The van der Waals surface area contributed by atoms with E-state index in [0.717, 1.165) is 0 Å². The molecule has 1 atom stereocenters. The van der Waals surface area contributed by atoms with E-state index in [4.69, 9.17) is 5.11 Å². The monoisotopic (exact) mass is 239 g/mol. The fraction of sp³-hybridized carbons (Fsp3) is 0.462. The van der Waals surface area contributed by atoms with Gasteiger partial charge in [-0.05, 0) is 45.0 Å². The van der Waals surface area contributed by atoms with Crippen LogP contribution in [-0.4, -0.2) is 29.1 Å². The first kappa shape index (κ1) is 13.8. The van der Waals surface area contributed by atoms with Crippen LogP contribution in [0.4, 0.5) is 4.39 Å². The van der Waals surface area contributed by atoms with Crippen LogP contribution in [0.25, 0.3) is 0 Å². The highest BCUT2D eigenvalue weighted by atomic mass is 19.1. The van der Waals surface area contributed by atoms with E-state index in [2.05, 4.69) is 5.32 Å². The van der Waals surface area contributed by atoms with Gasteiger partial charge in [0.25, 0.3) is 0 Å². The van der Waals surface area contributed by atoms with Crippen molar-refractivity contribution in [3.63, 3.8) is 0 Å². The Kier molecular flexibility index (Phi) is 4.37. The summed E-state index contributed by atoms with van der Waals surface area (Å²) in [5, 5.41) is 12.1. The van der Waals surface area contributed by atoms with Crippen LogP contribution >= 0.6 is 0 Å². The molecule has 0 unspecified atom stereocenters. The van der Waals surface area contributed by atoms with E-state index in [-0.39, 0.29) is 18.2 Å². The molecular formula is C13H18FNO2. The zero-order chi connectivity index (χ0) is 13.1. The predicted molar refractivity (Wildman–Crippen MR) is 64.5 cm³/mol. The number of halogens is 1. The molecule has 2 N–H and O–H groups in total. The average Bonchev–Trinajstić information content (AvgIpc) is 2.28. The first-order valence-electron chi connectivity index (χ1n) is 5.54. The minimum Gasteiger partial charge on any atom is -0.394 e. The Morgan fingerprint density at radius 2 is 1.94 bits per heavy atom. The quantitative estimate of drug-likeness (QED) is 0.770. The fourth-order valence-corrected chi connectivity index (χ4v) is 1.56. The number of aliphatic hydroxyl groups is 1. The minimum absolute atomic E-state index is 0.0615. The van der Waals surface area contributed by atoms with Crippen molar-refractivity contribution in [1.29, 1.82) is 0 Å². The van der Waals surface area contributed by atoms with Crippen molar-refractivity contribution >= 4 is 5.78 Å². The summed E-state index contributed by atoms with van der Waals surface area (Å²) in [7, 11) is 0. The Morgan fingerprint density at radius 1 is 1.41 bits per heavy atom. The molecular weight excluding hydrogens is 221 g/mol. The lowest BCUT2D eigenvalue weighted by Crippen LogP contribution is -2.50. The number of nitrogens with one attached hydrogen (secondary N) is 1. The maximum absolute atomic E-state index is 12.7. The van der Waals surface area contributed by atoms with Crippen LogP contribution in [0, 0.1) is 5.82 Å². The molecule has 0 aliphatic heterocycles. The van der Waals surface area contributed by atoms with Gasteiger partial charge in [0.05, 0.1) is 12.6 Å². The number of ketones is 1. The summed E-state index contributed by atoms with van der Waals surface area (Å²) in [6.45, 7) is 5.28. The summed E-state index contributed by atoms with van der Waals surface area (Å²) < 4.78 is 12.7. The highest BCUT2D eigenvalue weighted by molar-refractivity contribution is 5.99. The lowest BCUT2D eigenvalue weighted by molar-refractivity contribution is 0.0911. The highest BCUT2D eigenvalue weighted by Crippen LogP contribution is 2.09. The van der Waals surface area contributed by atoms with Gasteiger partial charge < -0.3 is 10.4 Å². The molecule has 0 aromatic heterocycles. The van der Waals surface area contributed by atoms with E-state index in [1.807, 2.05) is 0 Å². The summed E-state index contributed by atoms with van der Waals surface area (Å²) >= 11 is 0. The number of carbonyl (C=O) groups excluding carboxylic acids is 1. The van der Waals surface area contributed by atoms with Gasteiger partial charge in [-0.25, -0.2) is 4.39 Å². The van der Waals surface area contributed by atoms with Crippen LogP contribution in [-0.2, 0) is 0 Å². The third-order valence-corrected chi connectivity index (χ3v) is 2.52. The van der Waals surface area contributed by atoms with Crippen molar-refractivity contribution in [2.24, 2.45) is 0 Å². The van der Waals surface area contributed by atoms with Gasteiger partial charge in [-0.3, -0.25) is 4.79 Å². The number of hydrogen-bond acceptors (Lipinski definition) is 3. The Hall–Kier alpha value is -1.26. The standard InChI is InChI=1S/C13H18FNO2/c1-9(15-13(2,3)8-16)12(17)10-4-6-11(14)7-5-10/h4-7,9,15-16H,8H2,1-3H3/t9-/m1/s1. The smallest absolute Gasteiger partial charge is 0.179 e. The number of hydrogen-bond donors (Lipinski definition) is 2. The molecule has 0 spiro atoms. The molecule has 0 aliphatic carbocycles. The highest BCUT2D eigenvalue weighted by Gasteiger charge is 2.23. The first-order valence-corrected chi connectivity index (χ1v) is 5.54. The molecule has 4 heteroatoms. The lowest BCUT2D eigenvalue weighted by Gasteiger charge is -2.27. The van der Waals surface area contributed by atoms with Crippen molar-refractivity contribution in [3.8, 4) is 0 Å². The minimum atomic E-state index is -0.519. The van der Waals surface area contributed by atoms with Crippen molar-refractivity contribution in [3.05, 3.63) is 35.6 Å². The molecule has 0 saturated heterocycles. The summed E-state index contributed by atoms with van der Waals surface area (Å²) in [5.74, 6) is -0.482. The number of carbonyl (C=O) groups is 1. The van der Waals surface area contributed by atoms with Crippen LogP contribution in [0.3, 0.4) is 0 Å². The Bertz CT molecular complexity index is 387.